The molecule has 1 aromatic heterocycles. The number of aromatic nitrogens is 1. The van der Waals surface area contributed by atoms with Gasteiger partial charge in [0.25, 0.3) is 0 Å². The van der Waals surface area contributed by atoms with Crippen LogP contribution in [0.25, 0.3) is 44.1 Å². The lowest BCUT2D eigenvalue weighted by atomic mass is 10.0. The Hall–Kier alpha value is -3.32. The van der Waals surface area contributed by atoms with E-state index >= 15 is 0 Å². The lowest BCUT2D eigenvalue weighted by molar-refractivity contribution is 0.665. The van der Waals surface area contributed by atoms with Crippen molar-refractivity contribution in [3.05, 3.63) is 97.1 Å². The molecule has 0 saturated heterocycles. The molecule has 0 aliphatic heterocycles. The fourth-order valence-electron chi connectivity index (χ4n) is 4.28. The minimum absolute atomic E-state index is 1.06. The van der Waals surface area contributed by atoms with Crippen molar-refractivity contribution in [2.24, 2.45) is 0 Å². The zero-order chi connectivity index (χ0) is 19.6. The van der Waals surface area contributed by atoms with Gasteiger partial charge in [0.15, 0.2) is 0 Å². The summed E-state index contributed by atoms with van der Waals surface area (Å²) in [6.45, 7) is 3.32. The predicted molar refractivity (Wildman–Crippen MR) is 125 cm³/mol. The first-order chi connectivity index (χ1) is 14.3. The van der Waals surface area contributed by atoms with Crippen molar-refractivity contribution < 1.29 is 0 Å². The van der Waals surface area contributed by atoms with Gasteiger partial charge in [-0.25, -0.2) is 0 Å². The zero-order valence-electron chi connectivity index (χ0n) is 16.8. The average molecular weight is 376 g/mol. The molecular formula is C28H25N. The van der Waals surface area contributed by atoms with Gasteiger partial charge in [0.1, 0.15) is 0 Å². The molecule has 0 radical (unpaired) electrons. The highest BCUT2D eigenvalue weighted by atomic mass is 15.0. The fraction of sp³-hybridized carbons (Fsp3) is 0.143. The number of aryl methyl sites for hydroxylation is 1. The molecule has 29 heavy (non-hydrogen) atoms. The second-order valence-corrected chi connectivity index (χ2v) is 7.70. The lowest BCUT2D eigenvalue weighted by Gasteiger charge is -2.07. The number of hydrogen-bond donors (Lipinski definition) is 0. The Kier molecular flexibility index (Phi) is 4.65. The monoisotopic (exact) mass is 375 g/mol. The van der Waals surface area contributed by atoms with Gasteiger partial charge >= 0.3 is 0 Å². The molecule has 0 aliphatic carbocycles. The van der Waals surface area contributed by atoms with E-state index in [1.807, 2.05) is 0 Å². The van der Waals surface area contributed by atoms with Gasteiger partial charge in [0.2, 0.25) is 0 Å². The Balaban J connectivity index is 1.76. The Morgan fingerprint density at radius 3 is 1.48 bits per heavy atom. The van der Waals surface area contributed by atoms with Gasteiger partial charge in [0, 0.05) is 28.4 Å². The Bertz CT molecular complexity index is 1170. The molecule has 1 nitrogen and oxygen atoms in total. The molecule has 0 fully saturated rings. The van der Waals surface area contributed by atoms with Crippen molar-refractivity contribution in [3.63, 3.8) is 0 Å². The third-order valence-electron chi connectivity index (χ3n) is 5.81. The third kappa shape index (κ3) is 3.23. The SMILES string of the molecule is CCCCn1c2ccc(-c3ccccc3)cc2c2cc(-c3ccccc3)ccc21. The van der Waals surface area contributed by atoms with Gasteiger partial charge in [-0.15, -0.1) is 0 Å². The van der Waals surface area contributed by atoms with Crippen LogP contribution in [0.3, 0.4) is 0 Å². The number of benzene rings is 4. The quantitative estimate of drug-likeness (QED) is 0.294. The van der Waals surface area contributed by atoms with Crippen LogP contribution in [0.2, 0.25) is 0 Å². The van der Waals surface area contributed by atoms with Gasteiger partial charge in [0.05, 0.1) is 0 Å². The highest BCUT2D eigenvalue weighted by Crippen LogP contribution is 2.35. The second-order valence-electron chi connectivity index (χ2n) is 7.70. The topological polar surface area (TPSA) is 4.93 Å². The molecule has 0 N–H and O–H groups in total. The van der Waals surface area contributed by atoms with Crippen molar-refractivity contribution in [3.8, 4) is 22.3 Å². The molecule has 5 rings (SSSR count). The van der Waals surface area contributed by atoms with Crippen LogP contribution in [0.1, 0.15) is 19.8 Å². The van der Waals surface area contributed by atoms with Crippen LogP contribution < -0.4 is 0 Å². The van der Waals surface area contributed by atoms with E-state index < -0.39 is 0 Å². The summed E-state index contributed by atoms with van der Waals surface area (Å²) in [5.41, 5.74) is 7.75. The summed E-state index contributed by atoms with van der Waals surface area (Å²) < 4.78 is 2.50. The molecule has 0 atom stereocenters. The summed E-state index contributed by atoms with van der Waals surface area (Å²) in [5, 5.41) is 2.69. The van der Waals surface area contributed by atoms with Gasteiger partial charge in [-0.05, 0) is 52.9 Å². The molecule has 0 aliphatic rings. The van der Waals surface area contributed by atoms with Gasteiger partial charge in [-0.2, -0.15) is 0 Å². The minimum Gasteiger partial charge on any atom is -0.340 e. The molecule has 4 aromatic carbocycles. The van der Waals surface area contributed by atoms with E-state index in [0.29, 0.717) is 0 Å². The first-order valence-electron chi connectivity index (χ1n) is 10.5. The summed E-state index contributed by atoms with van der Waals surface area (Å²) in [5.74, 6) is 0. The summed E-state index contributed by atoms with van der Waals surface area (Å²) in [7, 11) is 0. The molecule has 0 saturated carbocycles. The van der Waals surface area contributed by atoms with Crippen LogP contribution in [0.15, 0.2) is 97.1 Å². The Labute approximate surface area is 172 Å². The second kappa shape index (κ2) is 7.60. The molecule has 1 heteroatoms. The molecular weight excluding hydrogens is 350 g/mol. The minimum atomic E-state index is 1.06. The van der Waals surface area contributed by atoms with Crippen LogP contribution in [0, 0.1) is 0 Å². The van der Waals surface area contributed by atoms with E-state index in [9.17, 15) is 0 Å². The molecule has 0 bridgehead atoms. The third-order valence-corrected chi connectivity index (χ3v) is 5.81. The van der Waals surface area contributed by atoms with E-state index in [1.165, 1.54) is 56.9 Å². The summed E-state index contributed by atoms with van der Waals surface area (Å²) in [6, 6.07) is 35.2. The number of rotatable bonds is 5. The Morgan fingerprint density at radius 2 is 1.03 bits per heavy atom. The predicted octanol–water partition coefficient (Wildman–Crippen LogP) is 7.93. The molecule has 1 heterocycles. The molecule has 142 valence electrons. The first-order valence-corrected chi connectivity index (χ1v) is 10.5. The maximum Gasteiger partial charge on any atom is 0.0491 e. The van der Waals surface area contributed by atoms with Crippen molar-refractivity contribution in [2.75, 3.05) is 0 Å². The number of nitrogens with zero attached hydrogens (tertiary/aromatic N) is 1. The Morgan fingerprint density at radius 1 is 0.552 bits per heavy atom. The van der Waals surface area contributed by atoms with Crippen LogP contribution in [0.5, 0.6) is 0 Å². The van der Waals surface area contributed by atoms with Gasteiger partial charge in [-0.3, -0.25) is 0 Å². The normalized spacial score (nSPS) is 11.3. The van der Waals surface area contributed by atoms with E-state index in [1.54, 1.807) is 0 Å². The lowest BCUT2D eigenvalue weighted by Crippen LogP contribution is -1.97. The molecule has 5 aromatic rings. The highest BCUT2D eigenvalue weighted by molar-refractivity contribution is 6.10. The number of fused-ring (bicyclic) bond motifs is 3. The molecule has 0 spiro atoms. The van der Waals surface area contributed by atoms with Crippen molar-refractivity contribution in [1.82, 2.24) is 4.57 Å². The molecule has 0 amide bonds. The van der Waals surface area contributed by atoms with Crippen molar-refractivity contribution in [1.29, 1.82) is 0 Å². The van der Waals surface area contributed by atoms with E-state index in [4.69, 9.17) is 0 Å². The van der Waals surface area contributed by atoms with Gasteiger partial charge in [-0.1, -0.05) is 86.1 Å². The fourth-order valence-corrected chi connectivity index (χ4v) is 4.28. The summed E-state index contributed by atoms with van der Waals surface area (Å²) >= 11 is 0. The van der Waals surface area contributed by atoms with Crippen LogP contribution in [-0.4, -0.2) is 4.57 Å². The molecule has 0 unspecified atom stereocenters. The largest absolute Gasteiger partial charge is 0.340 e. The van der Waals surface area contributed by atoms with E-state index in [0.717, 1.165) is 6.54 Å². The van der Waals surface area contributed by atoms with Crippen LogP contribution >= 0.6 is 0 Å². The van der Waals surface area contributed by atoms with E-state index in [-0.39, 0.29) is 0 Å². The number of hydrogen-bond acceptors (Lipinski definition) is 0. The van der Waals surface area contributed by atoms with Crippen LogP contribution in [-0.2, 0) is 6.54 Å². The zero-order valence-corrected chi connectivity index (χ0v) is 16.8. The van der Waals surface area contributed by atoms with E-state index in [2.05, 4.69) is 109 Å². The summed E-state index contributed by atoms with van der Waals surface area (Å²) in [4.78, 5) is 0. The van der Waals surface area contributed by atoms with Crippen molar-refractivity contribution >= 4 is 21.8 Å². The number of unbranched alkanes of at least 4 members (excludes halogenated alkanes) is 1. The summed E-state index contributed by atoms with van der Waals surface area (Å²) in [6.07, 6.45) is 2.39. The maximum absolute atomic E-state index is 2.50. The van der Waals surface area contributed by atoms with Crippen molar-refractivity contribution in [2.45, 2.75) is 26.3 Å². The maximum atomic E-state index is 2.50. The standard InChI is InChI=1S/C28H25N/c1-2-3-18-29-27-16-14-23(21-10-6-4-7-11-21)19-25(27)26-20-24(15-17-28(26)29)22-12-8-5-9-13-22/h4-17,19-20H,2-3,18H2,1H3. The average Bonchev–Trinajstić information content (AvgIpc) is 3.11. The highest BCUT2D eigenvalue weighted by Gasteiger charge is 2.13. The first kappa shape index (κ1) is 17.8. The smallest absolute Gasteiger partial charge is 0.0491 e. The van der Waals surface area contributed by atoms with Gasteiger partial charge < -0.3 is 4.57 Å². The van der Waals surface area contributed by atoms with Crippen LogP contribution in [0.4, 0.5) is 0 Å².